The normalized spacial score (nSPS) is 17.8. The van der Waals surface area contributed by atoms with Crippen LogP contribution in [0.15, 0.2) is 29.2 Å². The minimum Gasteiger partial charge on any atom is -0.343 e. The molecule has 1 aliphatic heterocycles. The average molecular weight is 437 g/mol. The van der Waals surface area contributed by atoms with Crippen LogP contribution in [0.3, 0.4) is 0 Å². The fourth-order valence-corrected chi connectivity index (χ4v) is 4.10. The summed E-state index contributed by atoms with van der Waals surface area (Å²) in [4.78, 5) is 16.2. The molecule has 1 fully saturated rings. The number of likely N-dealkylation sites (N-methyl/N-ethyl adjacent to an activating group) is 1. The number of carbonyl (C=O) groups is 1. The molecule has 1 unspecified atom stereocenters. The smallest absolute Gasteiger partial charge is 0.343 e. The lowest BCUT2D eigenvalue weighted by Gasteiger charge is -2.33. The molecule has 0 aliphatic carbocycles. The number of halogens is 3. The third-order valence-electron chi connectivity index (χ3n) is 4.66. The molecule has 164 valence electrons. The van der Waals surface area contributed by atoms with E-state index in [2.05, 4.69) is 21.6 Å². The monoisotopic (exact) mass is 436 g/mol. The fourth-order valence-electron chi connectivity index (χ4n) is 2.94. The second-order valence-corrected chi connectivity index (χ2v) is 9.15. The zero-order valence-corrected chi connectivity index (χ0v) is 17.3. The van der Waals surface area contributed by atoms with Crippen molar-refractivity contribution in [2.45, 2.75) is 18.0 Å². The van der Waals surface area contributed by atoms with Gasteiger partial charge in [-0.25, -0.2) is 13.1 Å². The molecule has 1 aromatic carbocycles. The van der Waals surface area contributed by atoms with Crippen LogP contribution in [0.4, 0.5) is 13.2 Å². The second-order valence-electron chi connectivity index (χ2n) is 7.38. The summed E-state index contributed by atoms with van der Waals surface area (Å²) in [5.74, 6) is -0.805. The maximum absolute atomic E-state index is 12.4. The van der Waals surface area contributed by atoms with Crippen molar-refractivity contribution in [2.75, 3.05) is 52.9 Å². The SMILES string of the molecule is CC(CNS(=O)(=O)c1ccc(C(=O)NCC(F)(F)F)cc1)CN1CCN(C)CC1. The van der Waals surface area contributed by atoms with Gasteiger partial charge in [-0.3, -0.25) is 4.79 Å². The molecule has 1 amide bonds. The Morgan fingerprint density at radius 2 is 1.72 bits per heavy atom. The standard InChI is InChI=1S/C18H27F3N4O3S/c1-14(12-25-9-7-24(2)8-10-25)11-23-29(27,28)16-5-3-15(4-6-16)17(26)22-13-18(19,20)21/h3-6,14,23H,7-13H2,1-2H3,(H,22,26). The van der Waals surface area contributed by atoms with Crippen LogP contribution in [0.25, 0.3) is 0 Å². The maximum Gasteiger partial charge on any atom is 0.405 e. The summed E-state index contributed by atoms with van der Waals surface area (Å²) in [6, 6.07) is 4.79. The molecule has 11 heteroatoms. The molecular weight excluding hydrogens is 409 g/mol. The first-order valence-electron chi connectivity index (χ1n) is 9.32. The van der Waals surface area contributed by atoms with Gasteiger partial charge >= 0.3 is 6.18 Å². The van der Waals surface area contributed by atoms with Crippen molar-refractivity contribution in [3.8, 4) is 0 Å². The van der Waals surface area contributed by atoms with Crippen molar-refractivity contribution < 1.29 is 26.4 Å². The zero-order valence-electron chi connectivity index (χ0n) is 16.5. The Bertz CT molecular complexity index is 777. The Labute approximate surface area is 169 Å². The lowest BCUT2D eigenvalue weighted by molar-refractivity contribution is -0.123. The largest absolute Gasteiger partial charge is 0.405 e. The maximum atomic E-state index is 12.4. The zero-order chi connectivity index (χ0) is 21.7. The fraction of sp³-hybridized carbons (Fsp3) is 0.611. The van der Waals surface area contributed by atoms with E-state index in [4.69, 9.17) is 0 Å². The Balaban J connectivity index is 1.86. The summed E-state index contributed by atoms with van der Waals surface area (Å²) in [5, 5.41) is 1.74. The van der Waals surface area contributed by atoms with Crippen LogP contribution in [0, 0.1) is 5.92 Å². The summed E-state index contributed by atoms with van der Waals surface area (Å²) in [6.45, 7) is 5.45. The number of hydrogen-bond donors (Lipinski definition) is 2. The van der Waals surface area contributed by atoms with Crippen LogP contribution >= 0.6 is 0 Å². The number of benzene rings is 1. The molecule has 0 radical (unpaired) electrons. The third-order valence-corrected chi connectivity index (χ3v) is 6.10. The number of nitrogens with zero attached hydrogens (tertiary/aromatic N) is 2. The van der Waals surface area contributed by atoms with E-state index >= 15 is 0 Å². The molecule has 1 heterocycles. The lowest BCUT2D eigenvalue weighted by atomic mass is 10.1. The van der Waals surface area contributed by atoms with Gasteiger partial charge in [0.05, 0.1) is 4.90 Å². The van der Waals surface area contributed by atoms with E-state index in [0.29, 0.717) is 0 Å². The van der Waals surface area contributed by atoms with Crippen molar-refractivity contribution in [2.24, 2.45) is 5.92 Å². The summed E-state index contributed by atoms with van der Waals surface area (Å²) in [5.41, 5.74) is -0.0448. The first-order chi connectivity index (χ1) is 13.5. The van der Waals surface area contributed by atoms with Gasteiger partial charge in [-0.2, -0.15) is 13.2 Å². The van der Waals surface area contributed by atoms with E-state index in [0.717, 1.165) is 32.7 Å². The molecule has 0 spiro atoms. The summed E-state index contributed by atoms with van der Waals surface area (Å²) in [6.07, 6.45) is -4.51. The van der Waals surface area contributed by atoms with Gasteiger partial charge in [0.25, 0.3) is 5.91 Å². The summed E-state index contributed by atoms with van der Waals surface area (Å²) >= 11 is 0. The molecule has 0 saturated carbocycles. The van der Waals surface area contributed by atoms with E-state index in [9.17, 15) is 26.4 Å². The van der Waals surface area contributed by atoms with Crippen LogP contribution in [0.5, 0.6) is 0 Å². The van der Waals surface area contributed by atoms with Crippen LogP contribution in [0.1, 0.15) is 17.3 Å². The number of alkyl halides is 3. The van der Waals surface area contributed by atoms with Gasteiger partial charge in [0.1, 0.15) is 6.54 Å². The average Bonchev–Trinajstić information content (AvgIpc) is 2.66. The molecule has 1 saturated heterocycles. The number of amides is 1. The van der Waals surface area contributed by atoms with Gasteiger partial charge in [0.2, 0.25) is 10.0 Å². The molecule has 7 nitrogen and oxygen atoms in total. The van der Waals surface area contributed by atoms with Crippen LogP contribution < -0.4 is 10.0 Å². The van der Waals surface area contributed by atoms with Crippen molar-refractivity contribution in [3.05, 3.63) is 29.8 Å². The van der Waals surface area contributed by atoms with E-state index in [1.54, 1.807) is 5.32 Å². The Morgan fingerprint density at radius 3 is 2.28 bits per heavy atom. The summed E-state index contributed by atoms with van der Waals surface area (Å²) in [7, 11) is -1.70. The highest BCUT2D eigenvalue weighted by atomic mass is 32.2. The van der Waals surface area contributed by atoms with Crippen molar-refractivity contribution >= 4 is 15.9 Å². The molecule has 1 aromatic rings. The Kier molecular flexibility index (Phi) is 8.03. The third kappa shape index (κ3) is 7.92. The molecule has 2 rings (SSSR count). The predicted molar refractivity (Wildman–Crippen MR) is 103 cm³/mol. The molecular formula is C18H27F3N4O3S. The van der Waals surface area contributed by atoms with Gasteiger partial charge in [0, 0.05) is 44.8 Å². The minimum atomic E-state index is -4.51. The molecule has 1 atom stereocenters. The highest BCUT2D eigenvalue weighted by Gasteiger charge is 2.28. The van der Waals surface area contributed by atoms with Crippen molar-refractivity contribution in [3.63, 3.8) is 0 Å². The number of nitrogens with one attached hydrogen (secondary N) is 2. The van der Waals surface area contributed by atoms with Crippen molar-refractivity contribution in [1.82, 2.24) is 19.8 Å². The van der Waals surface area contributed by atoms with Gasteiger partial charge in [-0.1, -0.05) is 6.92 Å². The number of rotatable bonds is 8. The Hall–Kier alpha value is -1.69. The van der Waals surface area contributed by atoms with Gasteiger partial charge in [0.15, 0.2) is 0 Å². The topological polar surface area (TPSA) is 81.7 Å². The summed E-state index contributed by atoms with van der Waals surface area (Å²) < 4.78 is 63.9. The molecule has 0 bridgehead atoms. The Morgan fingerprint density at radius 1 is 1.14 bits per heavy atom. The second kappa shape index (κ2) is 9.88. The van der Waals surface area contributed by atoms with Gasteiger partial charge in [-0.15, -0.1) is 0 Å². The predicted octanol–water partition coefficient (Wildman–Crippen LogP) is 1.14. The van der Waals surface area contributed by atoms with E-state index < -0.39 is 28.7 Å². The number of hydrogen-bond acceptors (Lipinski definition) is 5. The van der Waals surface area contributed by atoms with Gasteiger partial charge in [-0.05, 0) is 37.2 Å². The molecule has 0 aromatic heterocycles. The number of sulfonamides is 1. The van der Waals surface area contributed by atoms with E-state index in [-0.39, 0.29) is 22.9 Å². The van der Waals surface area contributed by atoms with E-state index in [1.807, 2.05) is 6.92 Å². The van der Waals surface area contributed by atoms with Crippen LogP contribution in [-0.4, -0.2) is 83.2 Å². The highest BCUT2D eigenvalue weighted by Crippen LogP contribution is 2.14. The minimum absolute atomic E-state index is 0.0448. The van der Waals surface area contributed by atoms with Crippen LogP contribution in [0.2, 0.25) is 0 Å². The number of piperazine rings is 1. The van der Waals surface area contributed by atoms with Gasteiger partial charge < -0.3 is 15.1 Å². The first-order valence-corrected chi connectivity index (χ1v) is 10.8. The number of carbonyl (C=O) groups excluding carboxylic acids is 1. The van der Waals surface area contributed by atoms with Crippen LogP contribution in [-0.2, 0) is 10.0 Å². The molecule has 29 heavy (non-hydrogen) atoms. The molecule has 1 aliphatic rings. The van der Waals surface area contributed by atoms with E-state index in [1.165, 1.54) is 24.3 Å². The molecule has 2 N–H and O–H groups in total. The quantitative estimate of drug-likeness (QED) is 0.639. The first kappa shape index (κ1) is 23.6. The lowest BCUT2D eigenvalue weighted by Crippen LogP contribution is -2.46. The highest BCUT2D eigenvalue weighted by molar-refractivity contribution is 7.89. The van der Waals surface area contributed by atoms with Crippen molar-refractivity contribution in [1.29, 1.82) is 0 Å².